The molecule has 10 aromatic carbocycles. The molecule has 0 saturated heterocycles. The quantitative estimate of drug-likeness (QED) is 0.150. The predicted octanol–water partition coefficient (Wildman–Crippen LogP) is 16.9. The minimum Gasteiger partial charge on any atom is -0.456 e. The van der Waals surface area contributed by atoms with Gasteiger partial charge in [-0.3, -0.25) is 0 Å². The molecule has 0 spiro atoms. The largest absolute Gasteiger partial charge is 0.456 e. The van der Waals surface area contributed by atoms with Crippen molar-refractivity contribution in [2.45, 2.75) is 0 Å². The minimum absolute atomic E-state index is 0.577. The van der Waals surface area contributed by atoms with Crippen LogP contribution in [0.4, 0.5) is 0 Å². The zero-order valence-corrected chi connectivity index (χ0v) is 38.6. The standard InChI is InChI=1S/C65H39N5O2/c1-3-15-43(16-4-1)62-66-55(42-30-28-41(29-31-42)51-25-13-26-53-52-24-9-10-27-57(52)72-61(51)53)39-56(67-62)47-21-11-19-45(36-47)46-20-12-22-48(37-46)64-68-63(44-17-5-2-6-18-44)69-65(70-64)49-33-34-58-54(38-49)60-50-23-8-7-14-40(50)32-35-59(60)71-58/h1-39H. The van der Waals surface area contributed by atoms with Gasteiger partial charge in [0, 0.05) is 60.5 Å². The molecule has 336 valence electrons. The number of rotatable bonds is 8. The molecule has 7 heteroatoms. The van der Waals surface area contributed by atoms with Crippen LogP contribution in [0.5, 0.6) is 0 Å². The van der Waals surface area contributed by atoms with Crippen molar-refractivity contribution in [3.05, 3.63) is 237 Å². The Balaban J connectivity index is 0.837. The molecule has 0 radical (unpaired) electrons. The van der Waals surface area contributed by atoms with Crippen molar-refractivity contribution in [1.82, 2.24) is 24.9 Å². The van der Waals surface area contributed by atoms with Crippen LogP contribution in [0.1, 0.15) is 0 Å². The van der Waals surface area contributed by atoms with Crippen molar-refractivity contribution >= 4 is 54.6 Å². The second-order valence-corrected chi connectivity index (χ2v) is 18.0. The maximum absolute atomic E-state index is 6.39. The van der Waals surface area contributed by atoms with Gasteiger partial charge in [0.05, 0.1) is 11.4 Å². The van der Waals surface area contributed by atoms with Crippen LogP contribution in [0, 0.1) is 0 Å². The fourth-order valence-corrected chi connectivity index (χ4v) is 9.99. The molecular formula is C65H39N5O2. The number of hydrogen-bond acceptors (Lipinski definition) is 7. The molecule has 0 bridgehead atoms. The van der Waals surface area contributed by atoms with Gasteiger partial charge in [-0.15, -0.1) is 0 Å². The summed E-state index contributed by atoms with van der Waals surface area (Å²) in [7, 11) is 0. The monoisotopic (exact) mass is 921 g/mol. The van der Waals surface area contributed by atoms with Gasteiger partial charge < -0.3 is 8.83 Å². The molecule has 0 aliphatic rings. The Morgan fingerprint density at radius 3 is 1.50 bits per heavy atom. The van der Waals surface area contributed by atoms with Gasteiger partial charge in [0.25, 0.3) is 0 Å². The van der Waals surface area contributed by atoms with Gasteiger partial charge in [-0.05, 0) is 76.0 Å². The topological polar surface area (TPSA) is 90.7 Å². The first-order chi connectivity index (χ1) is 35.6. The number of nitrogens with zero attached hydrogens (tertiary/aromatic N) is 5. The van der Waals surface area contributed by atoms with Gasteiger partial charge in [0.2, 0.25) is 0 Å². The van der Waals surface area contributed by atoms with E-state index in [1.165, 1.54) is 0 Å². The summed E-state index contributed by atoms with van der Waals surface area (Å²) in [5.74, 6) is 2.40. The third kappa shape index (κ3) is 7.27. The molecule has 72 heavy (non-hydrogen) atoms. The Bertz CT molecular complexity index is 4390. The zero-order valence-electron chi connectivity index (χ0n) is 38.6. The van der Waals surface area contributed by atoms with E-state index in [-0.39, 0.29) is 0 Å². The lowest BCUT2D eigenvalue weighted by atomic mass is 9.98. The van der Waals surface area contributed by atoms with E-state index >= 15 is 0 Å². The molecule has 4 heterocycles. The van der Waals surface area contributed by atoms with E-state index in [0.29, 0.717) is 23.3 Å². The summed E-state index contributed by atoms with van der Waals surface area (Å²) in [5, 5.41) is 6.62. The summed E-state index contributed by atoms with van der Waals surface area (Å²) in [4.78, 5) is 25.7. The highest BCUT2D eigenvalue weighted by atomic mass is 16.3. The Labute approximate surface area is 413 Å². The molecule has 0 saturated carbocycles. The third-order valence-corrected chi connectivity index (χ3v) is 13.6. The molecule has 0 atom stereocenters. The van der Waals surface area contributed by atoms with Gasteiger partial charge >= 0.3 is 0 Å². The highest BCUT2D eigenvalue weighted by molar-refractivity contribution is 6.19. The number of aromatic nitrogens is 5. The van der Waals surface area contributed by atoms with Crippen LogP contribution in [-0.4, -0.2) is 24.9 Å². The Morgan fingerprint density at radius 1 is 0.250 bits per heavy atom. The summed E-state index contributed by atoms with van der Waals surface area (Å²) in [6, 6.07) is 81.1. The Hall–Kier alpha value is -9.85. The van der Waals surface area contributed by atoms with Crippen molar-refractivity contribution in [3.63, 3.8) is 0 Å². The number of benzene rings is 10. The van der Waals surface area contributed by atoms with Gasteiger partial charge in [-0.1, -0.05) is 188 Å². The molecule has 0 aliphatic heterocycles. The zero-order chi connectivity index (χ0) is 47.5. The summed E-state index contributed by atoms with van der Waals surface area (Å²) in [5.41, 5.74) is 14.8. The second-order valence-electron chi connectivity index (χ2n) is 18.0. The molecule has 0 unspecified atom stereocenters. The predicted molar refractivity (Wildman–Crippen MR) is 291 cm³/mol. The second kappa shape index (κ2) is 17.0. The number of furan rings is 2. The molecule has 14 aromatic rings. The molecular weight excluding hydrogens is 883 g/mol. The van der Waals surface area contributed by atoms with Crippen LogP contribution in [0.15, 0.2) is 245 Å². The smallest absolute Gasteiger partial charge is 0.164 e. The summed E-state index contributed by atoms with van der Waals surface area (Å²) in [6.45, 7) is 0. The maximum atomic E-state index is 6.39. The van der Waals surface area contributed by atoms with E-state index in [0.717, 1.165) is 122 Å². The number of fused-ring (bicyclic) bond motifs is 8. The fraction of sp³-hybridized carbons (Fsp3) is 0. The Kier molecular flexibility index (Phi) is 9.70. The third-order valence-electron chi connectivity index (χ3n) is 13.6. The van der Waals surface area contributed by atoms with Crippen LogP contribution in [0.25, 0.3) is 145 Å². The van der Waals surface area contributed by atoms with Crippen molar-refractivity contribution < 1.29 is 8.83 Å². The SMILES string of the molecule is c1ccc(-c2nc(-c3ccc(-c4cccc5c4oc4ccccc45)cc3)cc(-c3cccc(-c4cccc(-c5nc(-c6ccccc6)nc(-c6ccc7oc8ccc9ccccc9c8c7c6)n5)c4)c3)n2)cc1. The summed E-state index contributed by atoms with van der Waals surface area (Å²) >= 11 is 0. The van der Waals surface area contributed by atoms with Crippen molar-refractivity contribution in [2.75, 3.05) is 0 Å². The van der Waals surface area contributed by atoms with Gasteiger partial charge in [-0.2, -0.15) is 0 Å². The molecule has 0 N–H and O–H groups in total. The number of hydrogen-bond donors (Lipinski definition) is 0. The van der Waals surface area contributed by atoms with Gasteiger partial charge in [-0.25, -0.2) is 24.9 Å². The lowest BCUT2D eigenvalue weighted by Crippen LogP contribution is -2.00. The lowest BCUT2D eigenvalue weighted by molar-refractivity contribution is 0.669. The van der Waals surface area contributed by atoms with Crippen molar-refractivity contribution in [2.24, 2.45) is 0 Å². The van der Waals surface area contributed by atoms with E-state index in [1.54, 1.807) is 0 Å². The first kappa shape index (κ1) is 41.2. The summed E-state index contributed by atoms with van der Waals surface area (Å²) < 4.78 is 12.7. The highest BCUT2D eigenvalue weighted by Gasteiger charge is 2.18. The first-order valence-electron chi connectivity index (χ1n) is 24.0. The van der Waals surface area contributed by atoms with Crippen LogP contribution in [-0.2, 0) is 0 Å². The fourth-order valence-electron chi connectivity index (χ4n) is 9.99. The van der Waals surface area contributed by atoms with Gasteiger partial charge in [0.15, 0.2) is 23.3 Å². The van der Waals surface area contributed by atoms with E-state index < -0.39 is 0 Å². The molecule has 0 amide bonds. The number of para-hydroxylation sites is 2. The maximum Gasteiger partial charge on any atom is 0.164 e. The Morgan fingerprint density at radius 2 is 0.750 bits per heavy atom. The van der Waals surface area contributed by atoms with E-state index in [2.05, 4.69) is 158 Å². The minimum atomic E-state index is 0.577. The summed E-state index contributed by atoms with van der Waals surface area (Å²) in [6.07, 6.45) is 0. The molecule has 0 fully saturated rings. The first-order valence-corrected chi connectivity index (χ1v) is 24.0. The molecule has 14 rings (SSSR count). The van der Waals surface area contributed by atoms with Crippen LogP contribution < -0.4 is 0 Å². The van der Waals surface area contributed by atoms with E-state index in [4.69, 9.17) is 33.8 Å². The van der Waals surface area contributed by atoms with Crippen LogP contribution in [0.3, 0.4) is 0 Å². The average molecular weight is 922 g/mol. The molecule has 0 aliphatic carbocycles. The molecule has 4 aromatic heterocycles. The van der Waals surface area contributed by atoms with Crippen molar-refractivity contribution in [1.29, 1.82) is 0 Å². The van der Waals surface area contributed by atoms with Crippen LogP contribution >= 0.6 is 0 Å². The van der Waals surface area contributed by atoms with Crippen LogP contribution in [0.2, 0.25) is 0 Å². The lowest BCUT2D eigenvalue weighted by Gasteiger charge is -2.12. The van der Waals surface area contributed by atoms with E-state index in [9.17, 15) is 0 Å². The van der Waals surface area contributed by atoms with Gasteiger partial charge in [0.1, 0.15) is 22.3 Å². The normalized spacial score (nSPS) is 11.6. The average Bonchev–Trinajstić information content (AvgIpc) is 4.04. The van der Waals surface area contributed by atoms with Crippen molar-refractivity contribution in [3.8, 4) is 90.3 Å². The van der Waals surface area contributed by atoms with E-state index in [1.807, 2.05) is 78.9 Å². The molecule has 7 nitrogen and oxygen atoms in total. The highest BCUT2D eigenvalue weighted by Crippen LogP contribution is 2.39.